The fourth-order valence-corrected chi connectivity index (χ4v) is 2.93. The second kappa shape index (κ2) is 11.9. The number of morpholine rings is 1. The maximum Gasteiger partial charge on any atom is 0.222 e. The van der Waals surface area contributed by atoms with Crippen molar-refractivity contribution in [3.8, 4) is 0 Å². The molecule has 0 aromatic heterocycles. The number of likely N-dealkylation sites (tertiary alicyclic amines) is 1. The van der Waals surface area contributed by atoms with Crippen LogP contribution in [0.25, 0.3) is 0 Å². The maximum absolute atomic E-state index is 11.6. The Hall–Kier alpha value is -0.610. The van der Waals surface area contributed by atoms with Crippen molar-refractivity contribution < 1.29 is 9.53 Å². The van der Waals surface area contributed by atoms with Crippen molar-refractivity contribution in [1.82, 2.24) is 20.4 Å². The molecule has 0 spiro atoms. The Morgan fingerprint density at radius 3 is 2.88 bits per heavy atom. The molecule has 2 aliphatic rings. The molecule has 1 amide bonds. The zero-order chi connectivity index (χ0) is 16.5. The van der Waals surface area contributed by atoms with Gasteiger partial charge in [-0.25, -0.2) is 0 Å². The highest BCUT2D eigenvalue weighted by molar-refractivity contribution is 14.0. The van der Waals surface area contributed by atoms with Gasteiger partial charge < -0.3 is 25.2 Å². The van der Waals surface area contributed by atoms with E-state index in [1.165, 1.54) is 0 Å². The van der Waals surface area contributed by atoms with Crippen LogP contribution in [-0.2, 0) is 9.53 Å². The summed E-state index contributed by atoms with van der Waals surface area (Å²) in [7, 11) is 2.11. The second-order valence-corrected chi connectivity index (χ2v) is 6.24. The lowest BCUT2D eigenvalue weighted by atomic mass is 10.3. The van der Waals surface area contributed by atoms with Gasteiger partial charge in [0.1, 0.15) is 0 Å². The molecule has 2 heterocycles. The van der Waals surface area contributed by atoms with Crippen LogP contribution in [0.4, 0.5) is 0 Å². The van der Waals surface area contributed by atoms with Crippen molar-refractivity contribution in [3.63, 3.8) is 0 Å². The van der Waals surface area contributed by atoms with Crippen LogP contribution in [0, 0.1) is 0 Å². The van der Waals surface area contributed by atoms with Crippen LogP contribution in [0.3, 0.4) is 0 Å². The third kappa shape index (κ3) is 7.52. The number of ether oxygens (including phenoxy) is 1. The smallest absolute Gasteiger partial charge is 0.222 e. The normalized spacial score (nSPS) is 22.4. The fraction of sp³-hybridized carbons (Fsp3) is 0.875. The van der Waals surface area contributed by atoms with Crippen molar-refractivity contribution in [3.05, 3.63) is 0 Å². The number of hydrogen-bond acceptors (Lipinski definition) is 4. The van der Waals surface area contributed by atoms with Gasteiger partial charge in [-0.15, -0.1) is 24.0 Å². The molecule has 0 aliphatic carbocycles. The molecule has 24 heavy (non-hydrogen) atoms. The molecular weight excluding hydrogens is 421 g/mol. The molecule has 2 rings (SSSR count). The number of aliphatic imine (C=N–C) groups is 1. The highest BCUT2D eigenvalue weighted by Gasteiger charge is 2.19. The van der Waals surface area contributed by atoms with E-state index in [9.17, 15) is 4.79 Å². The Morgan fingerprint density at radius 1 is 1.38 bits per heavy atom. The predicted octanol–water partition coefficient (Wildman–Crippen LogP) is 0.503. The standard InChI is InChI=1S/C16H31N5O2.HI/c1-3-17-16(19-12-14-13-20(2)10-11-23-14)18-7-5-9-21-8-4-6-15(21)22;/h14H,3-13H2,1-2H3,(H2,17,18,19);1H. The number of guanidine groups is 1. The zero-order valence-electron chi connectivity index (χ0n) is 14.9. The van der Waals surface area contributed by atoms with E-state index in [0.29, 0.717) is 18.9 Å². The third-order valence-corrected chi connectivity index (χ3v) is 4.21. The van der Waals surface area contributed by atoms with Gasteiger partial charge in [-0.2, -0.15) is 0 Å². The molecule has 1 atom stereocenters. The SMILES string of the molecule is CCNC(=NCC1CN(C)CCO1)NCCCN1CCCC1=O.I. The minimum Gasteiger partial charge on any atom is -0.374 e. The van der Waals surface area contributed by atoms with Crippen LogP contribution < -0.4 is 10.6 Å². The maximum atomic E-state index is 11.6. The molecule has 0 bridgehead atoms. The first kappa shape index (κ1) is 21.4. The van der Waals surface area contributed by atoms with Crippen LogP contribution in [0.15, 0.2) is 4.99 Å². The number of nitrogens with zero attached hydrogens (tertiary/aromatic N) is 3. The molecule has 0 aromatic rings. The molecule has 2 N–H and O–H groups in total. The van der Waals surface area contributed by atoms with Gasteiger partial charge in [0.25, 0.3) is 0 Å². The highest BCUT2D eigenvalue weighted by atomic mass is 127. The van der Waals surface area contributed by atoms with Gasteiger partial charge in [-0.05, 0) is 26.8 Å². The van der Waals surface area contributed by atoms with E-state index < -0.39 is 0 Å². The molecule has 2 fully saturated rings. The molecule has 2 saturated heterocycles. The fourth-order valence-electron chi connectivity index (χ4n) is 2.93. The number of nitrogens with one attached hydrogen (secondary N) is 2. The summed E-state index contributed by atoms with van der Waals surface area (Å²) in [6.45, 7) is 8.84. The zero-order valence-corrected chi connectivity index (χ0v) is 17.3. The number of carbonyl (C=O) groups excluding carboxylic acids is 1. The number of carbonyl (C=O) groups is 1. The Labute approximate surface area is 162 Å². The van der Waals surface area contributed by atoms with E-state index in [2.05, 4.69) is 34.5 Å². The Kier molecular flexibility index (Phi) is 10.6. The summed E-state index contributed by atoms with van der Waals surface area (Å²) >= 11 is 0. The predicted molar refractivity (Wildman–Crippen MR) is 107 cm³/mol. The number of rotatable bonds is 7. The first-order chi connectivity index (χ1) is 11.2. The molecular formula is C16H32IN5O2. The summed E-state index contributed by atoms with van der Waals surface area (Å²) in [6, 6.07) is 0. The van der Waals surface area contributed by atoms with Crippen molar-refractivity contribution in [2.24, 2.45) is 4.99 Å². The first-order valence-corrected chi connectivity index (χ1v) is 8.79. The van der Waals surface area contributed by atoms with E-state index in [4.69, 9.17) is 4.74 Å². The van der Waals surface area contributed by atoms with E-state index in [1.54, 1.807) is 0 Å². The van der Waals surface area contributed by atoms with E-state index in [0.717, 1.165) is 64.7 Å². The lowest BCUT2D eigenvalue weighted by Crippen LogP contribution is -2.43. The monoisotopic (exact) mass is 453 g/mol. The van der Waals surface area contributed by atoms with Gasteiger partial charge in [0.05, 0.1) is 19.3 Å². The van der Waals surface area contributed by atoms with Crippen LogP contribution >= 0.6 is 24.0 Å². The van der Waals surface area contributed by atoms with Crippen molar-refractivity contribution in [2.75, 3.05) is 59.5 Å². The summed E-state index contributed by atoms with van der Waals surface area (Å²) < 4.78 is 5.73. The summed E-state index contributed by atoms with van der Waals surface area (Å²) in [4.78, 5) is 20.4. The van der Waals surface area contributed by atoms with Gasteiger partial charge >= 0.3 is 0 Å². The highest BCUT2D eigenvalue weighted by Crippen LogP contribution is 2.09. The van der Waals surface area contributed by atoms with Crippen LogP contribution in [0.2, 0.25) is 0 Å². The third-order valence-electron chi connectivity index (χ3n) is 4.21. The number of hydrogen-bond donors (Lipinski definition) is 2. The summed E-state index contributed by atoms with van der Waals surface area (Å²) in [5, 5.41) is 6.60. The molecule has 1 unspecified atom stereocenters. The van der Waals surface area contributed by atoms with Gasteiger partial charge in [-0.1, -0.05) is 0 Å². The average molecular weight is 453 g/mol. The largest absolute Gasteiger partial charge is 0.374 e. The molecule has 8 heteroatoms. The molecule has 0 saturated carbocycles. The lowest BCUT2D eigenvalue weighted by molar-refractivity contribution is -0.127. The number of amides is 1. The Morgan fingerprint density at radius 2 is 2.21 bits per heavy atom. The molecule has 140 valence electrons. The minimum atomic E-state index is 0. The number of likely N-dealkylation sites (N-methyl/N-ethyl adjacent to an activating group) is 1. The molecule has 0 aromatic carbocycles. The van der Waals surface area contributed by atoms with Gasteiger partial charge in [-0.3, -0.25) is 9.79 Å². The van der Waals surface area contributed by atoms with Crippen molar-refractivity contribution in [2.45, 2.75) is 32.3 Å². The average Bonchev–Trinajstić information content (AvgIpc) is 2.94. The van der Waals surface area contributed by atoms with Crippen LogP contribution in [0.5, 0.6) is 0 Å². The second-order valence-electron chi connectivity index (χ2n) is 6.24. The molecule has 2 aliphatic heterocycles. The summed E-state index contributed by atoms with van der Waals surface area (Å²) in [6.07, 6.45) is 2.84. The minimum absolute atomic E-state index is 0. The van der Waals surface area contributed by atoms with E-state index >= 15 is 0 Å². The van der Waals surface area contributed by atoms with Gasteiger partial charge in [0, 0.05) is 45.7 Å². The summed E-state index contributed by atoms with van der Waals surface area (Å²) in [5.74, 6) is 1.13. The van der Waals surface area contributed by atoms with E-state index in [-0.39, 0.29) is 30.1 Å². The van der Waals surface area contributed by atoms with Crippen LogP contribution in [-0.4, -0.2) is 87.2 Å². The topological polar surface area (TPSA) is 69.2 Å². The Bertz CT molecular complexity index is 408. The van der Waals surface area contributed by atoms with Crippen molar-refractivity contribution >= 4 is 35.8 Å². The lowest BCUT2D eigenvalue weighted by Gasteiger charge is -2.29. The van der Waals surface area contributed by atoms with Gasteiger partial charge in [0.15, 0.2) is 5.96 Å². The molecule has 7 nitrogen and oxygen atoms in total. The van der Waals surface area contributed by atoms with Crippen molar-refractivity contribution in [1.29, 1.82) is 0 Å². The molecule has 0 radical (unpaired) electrons. The van der Waals surface area contributed by atoms with Gasteiger partial charge in [0.2, 0.25) is 5.91 Å². The van der Waals surface area contributed by atoms with Crippen LogP contribution in [0.1, 0.15) is 26.2 Å². The quantitative estimate of drug-likeness (QED) is 0.255. The Balaban J connectivity index is 0.00000288. The summed E-state index contributed by atoms with van der Waals surface area (Å²) in [5.41, 5.74) is 0. The first-order valence-electron chi connectivity index (χ1n) is 8.79. The number of halogens is 1. The van der Waals surface area contributed by atoms with E-state index in [1.807, 2.05) is 4.90 Å².